The quantitative estimate of drug-likeness (QED) is 0.303. The van der Waals surface area contributed by atoms with E-state index >= 15 is 0 Å². The zero-order valence-corrected chi connectivity index (χ0v) is 20.4. The lowest BCUT2D eigenvalue weighted by Crippen LogP contribution is -2.30. The van der Waals surface area contributed by atoms with Gasteiger partial charge >= 0.3 is 0 Å². The van der Waals surface area contributed by atoms with Crippen molar-refractivity contribution in [2.24, 2.45) is 10.5 Å². The zero-order chi connectivity index (χ0) is 23.7. The minimum atomic E-state index is -1.05. The highest BCUT2D eigenvalue weighted by Gasteiger charge is 2.68. The van der Waals surface area contributed by atoms with Crippen LogP contribution in [0, 0.1) is 12.3 Å². The van der Waals surface area contributed by atoms with Gasteiger partial charge < -0.3 is 10.1 Å². The number of carbonyl (C=O) groups is 2. The predicted molar refractivity (Wildman–Crippen MR) is 129 cm³/mol. The molecule has 2 aromatic rings. The first-order chi connectivity index (χ1) is 14.9. The number of hydrogen-bond donors (Lipinski definition) is 2. The number of halogens is 3. The molecule has 2 amide bonds. The molecule has 0 heterocycles. The molecule has 0 aromatic heterocycles. The van der Waals surface area contributed by atoms with Gasteiger partial charge in [0.05, 0.1) is 11.1 Å². The lowest BCUT2D eigenvalue weighted by molar-refractivity contribution is -0.125. The fourth-order valence-corrected chi connectivity index (χ4v) is 3.93. The number of anilines is 1. The van der Waals surface area contributed by atoms with Crippen LogP contribution in [0.15, 0.2) is 47.6 Å². The second-order valence-electron chi connectivity index (χ2n) is 8.09. The Kier molecular flexibility index (Phi) is 7.08. The average molecular weight is 497 g/mol. The zero-order valence-electron chi connectivity index (χ0n) is 18.1. The van der Waals surface area contributed by atoms with Gasteiger partial charge in [-0.05, 0) is 75.6 Å². The molecule has 0 bridgehead atoms. The van der Waals surface area contributed by atoms with Gasteiger partial charge in [0.1, 0.15) is 10.1 Å². The molecule has 0 saturated heterocycles. The van der Waals surface area contributed by atoms with Crippen LogP contribution < -0.4 is 15.5 Å². The van der Waals surface area contributed by atoms with E-state index in [4.69, 9.17) is 39.5 Å². The third kappa shape index (κ3) is 5.37. The van der Waals surface area contributed by atoms with Crippen LogP contribution in [0.3, 0.4) is 0 Å². The van der Waals surface area contributed by atoms with Gasteiger partial charge in [-0.25, -0.2) is 5.43 Å². The number of rotatable bonds is 7. The van der Waals surface area contributed by atoms with E-state index in [9.17, 15) is 9.59 Å². The van der Waals surface area contributed by atoms with Crippen LogP contribution in [0.1, 0.15) is 38.3 Å². The number of ether oxygens (including phenoxy) is 1. The van der Waals surface area contributed by atoms with Crippen molar-refractivity contribution in [3.8, 4) is 5.75 Å². The number of nitrogens with one attached hydrogen (secondary N) is 2. The Hall–Kier alpha value is -2.28. The number of benzene rings is 2. The van der Waals surface area contributed by atoms with Crippen LogP contribution in [0.2, 0.25) is 5.02 Å². The number of aryl methyl sites for hydroxylation is 1. The molecule has 0 aliphatic heterocycles. The van der Waals surface area contributed by atoms with Crippen molar-refractivity contribution < 1.29 is 14.3 Å². The van der Waals surface area contributed by atoms with Gasteiger partial charge in [-0.2, -0.15) is 5.10 Å². The molecule has 2 aromatic carbocycles. The minimum absolute atomic E-state index is 0.284. The highest BCUT2D eigenvalue weighted by Crippen LogP contribution is 2.63. The number of nitrogens with zero attached hydrogens (tertiary/aromatic N) is 1. The molecule has 1 aliphatic rings. The second kappa shape index (κ2) is 9.30. The van der Waals surface area contributed by atoms with Crippen LogP contribution in [0.5, 0.6) is 5.75 Å². The first kappa shape index (κ1) is 24.4. The van der Waals surface area contributed by atoms with Crippen LogP contribution in [0.4, 0.5) is 5.69 Å². The summed E-state index contributed by atoms with van der Waals surface area (Å²) in [6, 6.07) is 12.3. The number of amides is 2. The van der Waals surface area contributed by atoms with Gasteiger partial charge in [-0.3, -0.25) is 9.59 Å². The smallest absolute Gasteiger partial charge is 0.265 e. The number of hydrazone groups is 1. The lowest BCUT2D eigenvalue weighted by Gasteiger charge is -2.16. The summed E-state index contributed by atoms with van der Waals surface area (Å²) in [5.74, 6) is -0.00868. The van der Waals surface area contributed by atoms with Crippen molar-refractivity contribution in [3.63, 3.8) is 0 Å². The maximum atomic E-state index is 12.5. The van der Waals surface area contributed by atoms with E-state index in [1.165, 1.54) is 0 Å². The molecule has 0 radical (unpaired) electrons. The molecule has 2 N–H and O–H groups in total. The Labute approximate surface area is 202 Å². The van der Waals surface area contributed by atoms with Crippen molar-refractivity contribution in [1.29, 1.82) is 0 Å². The van der Waals surface area contributed by atoms with Crippen LogP contribution in [-0.2, 0) is 9.59 Å². The van der Waals surface area contributed by atoms with E-state index in [0.29, 0.717) is 28.6 Å². The first-order valence-electron chi connectivity index (χ1n) is 9.99. The minimum Gasteiger partial charge on any atom is -0.481 e. The van der Waals surface area contributed by atoms with Crippen LogP contribution >= 0.6 is 34.8 Å². The fourth-order valence-electron chi connectivity index (χ4n) is 3.00. The molecule has 3 rings (SSSR count). The van der Waals surface area contributed by atoms with Crippen molar-refractivity contribution >= 4 is 58.0 Å². The Morgan fingerprint density at radius 1 is 1.16 bits per heavy atom. The molecule has 2 atom stereocenters. The SMILES string of the molecule is C/C(=N/NC(=O)C1(C)CC1(Cl)Cl)c1ccc(NC(=O)C(C)Oc2ccc(Cl)cc2C)cc1. The van der Waals surface area contributed by atoms with Crippen molar-refractivity contribution in [1.82, 2.24) is 5.43 Å². The molecule has 2 unspecified atom stereocenters. The van der Waals surface area contributed by atoms with Gasteiger partial charge in [-0.15, -0.1) is 23.2 Å². The van der Waals surface area contributed by atoms with Gasteiger partial charge in [0.2, 0.25) is 5.91 Å². The summed E-state index contributed by atoms with van der Waals surface area (Å²) in [4.78, 5) is 24.7. The molecule has 9 heteroatoms. The summed E-state index contributed by atoms with van der Waals surface area (Å²) in [5, 5.41) is 7.56. The summed E-state index contributed by atoms with van der Waals surface area (Å²) in [7, 11) is 0. The van der Waals surface area contributed by atoms with Gasteiger partial charge in [0.25, 0.3) is 5.91 Å². The van der Waals surface area contributed by atoms with E-state index < -0.39 is 15.9 Å². The summed E-state index contributed by atoms with van der Waals surface area (Å²) < 4.78 is 4.70. The van der Waals surface area contributed by atoms with E-state index in [-0.39, 0.29) is 11.8 Å². The summed E-state index contributed by atoms with van der Waals surface area (Å²) >= 11 is 18.0. The van der Waals surface area contributed by atoms with E-state index in [1.807, 2.05) is 6.92 Å². The fraction of sp³-hybridized carbons (Fsp3) is 0.348. The largest absolute Gasteiger partial charge is 0.481 e. The highest BCUT2D eigenvalue weighted by molar-refractivity contribution is 6.53. The summed E-state index contributed by atoms with van der Waals surface area (Å²) in [6.07, 6.45) is -0.315. The Balaban J connectivity index is 1.56. The predicted octanol–water partition coefficient (Wildman–Crippen LogP) is 5.48. The average Bonchev–Trinajstić information content (AvgIpc) is 3.27. The molecule has 0 spiro atoms. The van der Waals surface area contributed by atoms with E-state index in [0.717, 1.165) is 11.1 Å². The molecule has 1 saturated carbocycles. The van der Waals surface area contributed by atoms with Gasteiger partial charge in [0.15, 0.2) is 6.10 Å². The van der Waals surface area contributed by atoms with E-state index in [2.05, 4.69) is 15.8 Å². The standard InChI is InChI=1S/C23H24Cl3N3O3/c1-13-11-17(24)7-10-19(13)32-15(3)20(30)27-18-8-5-16(6-9-18)14(2)28-29-21(31)22(4)12-23(22,25)26/h5-11,15H,12H2,1-4H3,(H,27,30)(H,29,31)/b28-14-. The third-order valence-corrected chi connectivity index (χ3v) is 6.80. The van der Waals surface area contributed by atoms with Crippen molar-refractivity contribution in [2.75, 3.05) is 5.32 Å². The van der Waals surface area contributed by atoms with E-state index in [1.54, 1.807) is 63.2 Å². The first-order valence-corrected chi connectivity index (χ1v) is 11.1. The molecule has 1 fully saturated rings. The van der Waals surface area contributed by atoms with Crippen molar-refractivity contribution in [3.05, 3.63) is 58.6 Å². The molecule has 1 aliphatic carbocycles. The van der Waals surface area contributed by atoms with Crippen LogP contribution in [-0.4, -0.2) is 28.0 Å². The Morgan fingerprint density at radius 2 is 1.78 bits per heavy atom. The molecule has 170 valence electrons. The normalized spacial score (nSPS) is 20.3. The number of alkyl halides is 2. The van der Waals surface area contributed by atoms with Gasteiger partial charge in [-0.1, -0.05) is 23.7 Å². The number of carbonyl (C=O) groups excluding carboxylic acids is 2. The maximum absolute atomic E-state index is 12.5. The Bertz CT molecular complexity index is 1070. The number of hydrogen-bond acceptors (Lipinski definition) is 4. The molecule has 32 heavy (non-hydrogen) atoms. The molecular weight excluding hydrogens is 473 g/mol. The molecular formula is C23H24Cl3N3O3. The topological polar surface area (TPSA) is 79.8 Å². The maximum Gasteiger partial charge on any atom is 0.265 e. The lowest BCUT2D eigenvalue weighted by atomic mass is 10.1. The third-order valence-electron chi connectivity index (χ3n) is 5.46. The van der Waals surface area contributed by atoms with Gasteiger partial charge in [0, 0.05) is 10.7 Å². The second-order valence-corrected chi connectivity index (χ2v) is 10.0. The van der Waals surface area contributed by atoms with Crippen molar-refractivity contribution in [2.45, 2.75) is 44.6 Å². The Morgan fingerprint density at radius 3 is 2.34 bits per heavy atom. The molecule has 6 nitrogen and oxygen atoms in total. The van der Waals surface area contributed by atoms with Crippen LogP contribution in [0.25, 0.3) is 0 Å². The summed E-state index contributed by atoms with van der Waals surface area (Å²) in [5.41, 5.74) is 4.53. The summed E-state index contributed by atoms with van der Waals surface area (Å²) in [6.45, 7) is 7.00. The monoisotopic (exact) mass is 495 g/mol. The highest BCUT2D eigenvalue weighted by atomic mass is 35.5.